The summed E-state index contributed by atoms with van der Waals surface area (Å²) in [6.45, 7) is 1.74. The van der Waals surface area contributed by atoms with Gasteiger partial charge in [0, 0.05) is 11.6 Å². The van der Waals surface area contributed by atoms with Crippen molar-refractivity contribution >= 4 is 50.2 Å². The van der Waals surface area contributed by atoms with Crippen LogP contribution in [0.25, 0.3) is 10.2 Å². The molecule has 8 heteroatoms. The van der Waals surface area contributed by atoms with Gasteiger partial charge in [-0.05, 0) is 37.3 Å². The largest absolute Gasteiger partial charge is 0.507 e. The molecular weight excluding hydrogens is 376 g/mol. The summed E-state index contributed by atoms with van der Waals surface area (Å²) in [6, 6.07) is 11.6. The summed E-state index contributed by atoms with van der Waals surface area (Å²) in [5.74, 6) is -1.48. The number of hydrogen-bond donors (Lipinski definition) is 1. The summed E-state index contributed by atoms with van der Waals surface area (Å²) in [7, 11) is 0. The van der Waals surface area contributed by atoms with Crippen molar-refractivity contribution in [2.24, 2.45) is 0 Å². The fourth-order valence-electron chi connectivity index (χ4n) is 2.35. The number of likely N-dealkylation sites (N-methyl/N-ethyl adjacent to an activating group) is 1. The van der Waals surface area contributed by atoms with Gasteiger partial charge in [0.2, 0.25) is 0 Å². The average molecular weight is 391 g/mol. The van der Waals surface area contributed by atoms with E-state index in [1.54, 1.807) is 0 Å². The standard InChI is InChI=1S/C18H15ClN2O4S/c1-2-21(18-20-13-5-3-4-6-15(13)26-18)16(23)10-25-17(24)12-9-11(19)7-8-14(12)22/h3-9,22H,2,10H2,1H3. The van der Waals surface area contributed by atoms with Crippen LogP contribution in [0.2, 0.25) is 5.02 Å². The molecule has 0 saturated heterocycles. The summed E-state index contributed by atoms with van der Waals surface area (Å²) in [6.07, 6.45) is 0. The predicted octanol–water partition coefficient (Wildman–Crippen LogP) is 3.87. The lowest BCUT2D eigenvalue weighted by Gasteiger charge is -2.17. The van der Waals surface area contributed by atoms with Gasteiger partial charge in [0.1, 0.15) is 11.3 Å². The Hall–Kier alpha value is -2.64. The highest BCUT2D eigenvalue weighted by atomic mass is 35.5. The number of aromatic hydroxyl groups is 1. The highest BCUT2D eigenvalue weighted by molar-refractivity contribution is 7.22. The maximum atomic E-state index is 12.5. The number of hydrogen-bond acceptors (Lipinski definition) is 6. The Balaban J connectivity index is 1.71. The van der Waals surface area contributed by atoms with Crippen LogP contribution in [0, 0.1) is 0 Å². The van der Waals surface area contributed by atoms with E-state index in [0.717, 1.165) is 10.2 Å². The number of anilines is 1. The number of carbonyl (C=O) groups excluding carboxylic acids is 2. The zero-order valence-electron chi connectivity index (χ0n) is 13.8. The molecule has 134 valence electrons. The van der Waals surface area contributed by atoms with Crippen LogP contribution in [0.15, 0.2) is 42.5 Å². The molecule has 0 fully saturated rings. The highest BCUT2D eigenvalue weighted by Crippen LogP contribution is 2.28. The zero-order valence-corrected chi connectivity index (χ0v) is 15.4. The van der Waals surface area contributed by atoms with Gasteiger partial charge >= 0.3 is 5.97 Å². The summed E-state index contributed by atoms with van der Waals surface area (Å²) >= 11 is 7.20. The molecule has 0 bridgehead atoms. The van der Waals surface area contributed by atoms with E-state index in [9.17, 15) is 14.7 Å². The second-order valence-corrected chi connectivity index (χ2v) is 6.79. The van der Waals surface area contributed by atoms with Crippen LogP contribution in [-0.2, 0) is 9.53 Å². The number of thiazole rings is 1. The number of benzene rings is 2. The van der Waals surface area contributed by atoms with Crippen LogP contribution in [0.4, 0.5) is 5.13 Å². The van der Waals surface area contributed by atoms with Gasteiger partial charge in [0.25, 0.3) is 5.91 Å². The molecule has 3 rings (SSSR count). The lowest BCUT2D eigenvalue weighted by Crippen LogP contribution is -2.34. The minimum absolute atomic E-state index is 0.0895. The first-order valence-corrected chi connectivity index (χ1v) is 9.00. The Morgan fingerprint density at radius 3 is 2.77 bits per heavy atom. The summed E-state index contributed by atoms with van der Waals surface area (Å²) in [5, 5.41) is 10.5. The maximum absolute atomic E-state index is 12.5. The number of fused-ring (bicyclic) bond motifs is 1. The van der Waals surface area contributed by atoms with Crippen molar-refractivity contribution in [3.05, 3.63) is 53.1 Å². The van der Waals surface area contributed by atoms with Gasteiger partial charge in [-0.25, -0.2) is 9.78 Å². The minimum atomic E-state index is -0.821. The van der Waals surface area contributed by atoms with Crippen molar-refractivity contribution in [1.29, 1.82) is 0 Å². The van der Waals surface area contributed by atoms with Gasteiger partial charge in [-0.3, -0.25) is 9.69 Å². The number of halogens is 1. The first-order valence-electron chi connectivity index (χ1n) is 7.81. The van der Waals surface area contributed by atoms with Crippen molar-refractivity contribution in [1.82, 2.24) is 4.98 Å². The Labute approximate surface area is 158 Å². The van der Waals surface area contributed by atoms with E-state index in [1.807, 2.05) is 31.2 Å². The zero-order chi connectivity index (χ0) is 18.7. The van der Waals surface area contributed by atoms with Crippen LogP contribution in [0.1, 0.15) is 17.3 Å². The quantitative estimate of drug-likeness (QED) is 0.669. The van der Waals surface area contributed by atoms with Crippen molar-refractivity contribution in [3.8, 4) is 5.75 Å². The maximum Gasteiger partial charge on any atom is 0.342 e. The first-order chi connectivity index (χ1) is 12.5. The topological polar surface area (TPSA) is 79.7 Å². The Bertz CT molecular complexity index is 940. The summed E-state index contributed by atoms with van der Waals surface area (Å²) in [4.78, 5) is 30.4. The molecule has 0 spiro atoms. The van der Waals surface area contributed by atoms with Gasteiger partial charge in [-0.2, -0.15) is 0 Å². The number of ether oxygens (including phenoxy) is 1. The molecule has 2 aromatic carbocycles. The fraction of sp³-hybridized carbons (Fsp3) is 0.167. The molecule has 0 aliphatic rings. The monoisotopic (exact) mass is 390 g/mol. The van der Waals surface area contributed by atoms with E-state index in [2.05, 4.69) is 4.98 Å². The van der Waals surface area contributed by atoms with Crippen molar-refractivity contribution in [2.45, 2.75) is 6.92 Å². The molecule has 0 aliphatic heterocycles. The van der Waals surface area contributed by atoms with Gasteiger partial charge in [-0.15, -0.1) is 0 Å². The number of phenolic OH excluding ortho intramolecular Hbond substituents is 1. The molecule has 0 radical (unpaired) electrons. The second kappa shape index (κ2) is 7.72. The molecule has 1 heterocycles. The molecule has 0 aliphatic carbocycles. The molecule has 0 saturated carbocycles. The third-order valence-corrected chi connectivity index (χ3v) is 4.93. The molecule has 1 amide bonds. The number of rotatable bonds is 5. The summed E-state index contributed by atoms with van der Waals surface area (Å²) < 4.78 is 6.00. The van der Waals surface area contributed by atoms with Gasteiger partial charge in [0.05, 0.1) is 10.2 Å². The Morgan fingerprint density at radius 2 is 2.04 bits per heavy atom. The molecule has 0 atom stereocenters. The van der Waals surface area contributed by atoms with E-state index in [1.165, 1.54) is 34.4 Å². The minimum Gasteiger partial charge on any atom is -0.507 e. The predicted molar refractivity (Wildman–Crippen MR) is 101 cm³/mol. The molecule has 6 nitrogen and oxygen atoms in total. The van der Waals surface area contributed by atoms with Crippen molar-refractivity contribution in [2.75, 3.05) is 18.1 Å². The van der Waals surface area contributed by atoms with E-state index < -0.39 is 18.5 Å². The third-order valence-electron chi connectivity index (χ3n) is 3.64. The normalized spacial score (nSPS) is 10.7. The number of carbonyl (C=O) groups is 2. The van der Waals surface area contributed by atoms with Crippen molar-refractivity contribution in [3.63, 3.8) is 0 Å². The van der Waals surface area contributed by atoms with E-state index >= 15 is 0 Å². The van der Waals surface area contributed by atoms with Crippen LogP contribution in [-0.4, -0.2) is 35.1 Å². The lowest BCUT2D eigenvalue weighted by molar-refractivity contribution is -0.121. The van der Waals surface area contributed by atoms with Crippen LogP contribution < -0.4 is 4.90 Å². The highest BCUT2D eigenvalue weighted by Gasteiger charge is 2.21. The SMILES string of the molecule is CCN(C(=O)COC(=O)c1cc(Cl)ccc1O)c1nc2ccccc2s1. The Morgan fingerprint density at radius 1 is 1.27 bits per heavy atom. The number of para-hydroxylation sites is 1. The number of aromatic nitrogens is 1. The van der Waals surface area contributed by atoms with Gasteiger partial charge in [-0.1, -0.05) is 35.1 Å². The smallest absolute Gasteiger partial charge is 0.342 e. The third kappa shape index (κ3) is 3.79. The van der Waals surface area contributed by atoms with Crippen LogP contribution in [0.3, 0.4) is 0 Å². The average Bonchev–Trinajstić information content (AvgIpc) is 3.06. The van der Waals surface area contributed by atoms with Gasteiger partial charge in [0.15, 0.2) is 11.7 Å². The second-order valence-electron chi connectivity index (χ2n) is 5.34. The number of amides is 1. The van der Waals surface area contributed by atoms with E-state index in [0.29, 0.717) is 11.7 Å². The van der Waals surface area contributed by atoms with Crippen LogP contribution >= 0.6 is 22.9 Å². The first kappa shape index (κ1) is 18.2. The van der Waals surface area contributed by atoms with E-state index in [-0.39, 0.29) is 16.3 Å². The molecule has 26 heavy (non-hydrogen) atoms. The number of phenols is 1. The van der Waals surface area contributed by atoms with Crippen molar-refractivity contribution < 1.29 is 19.4 Å². The Kier molecular flexibility index (Phi) is 5.39. The summed E-state index contributed by atoms with van der Waals surface area (Å²) in [5.41, 5.74) is 0.716. The molecule has 0 unspecified atom stereocenters. The van der Waals surface area contributed by atoms with Crippen LogP contribution in [0.5, 0.6) is 5.75 Å². The van der Waals surface area contributed by atoms with E-state index in [4.69, 9.17) is 16.3 Å². The lowest BCUT2D eigenvalue weighted by atomic mass is 10.2. The molecule has 1 aromatic heterocycles. The molecule has 3 aromatic rings. The number of esters is 1. The van der Waals surface area contributed by atoms with Gasteiger partial charge < -0.3 is 9.84 Å². The number of nitrogens with zero attached hydrogens (tertiary/aromatic N) is 2. The fourth-order valence-corrected chi connectivity index (χ4v) is 3.57. The molecule has 1 N–H and O–H groups in total. The molecular formula is C18H15ClN2O4S.